The quantitative estimate of drug-likeness (QED) is 0.858. The maximum Gasteiger partial charge on any atom is 0.416 e. The summed E-state index contributed by atoms with van der Waals surface area (Å²) in [6.45, 7) is 0.138. The van der Waals surface area contributed by atoms with Gasteiger partial charge in [0.2, 0.25) is 0 Å². The molecule has 0 amide bonds. The number of thioether (sulfide) groups is 1. The van der Waals surface area contributed by atoms with Crippen LogP contribution in [0.4, 0.5) is 13.2 Å². The Bertz CT molecular complexity index is 643. The first-order valence-corrected chi connectivity index (χ1v) is 6.73. The average molecular weight is 317 g/mol. The molecule has 21 heavy (non-hydrogen) atoms. The summed E-state index contributed by atoms with van der Waals surface area (Å²) in [5, 5.41) is 16.3. The number of halogens is 3. The molecule has 0 unspecified atom stereocenters. The summed E-state index contributed by atoms with van der Waals surface area (Å²) in [4.78, 5) is 10.5. The first kappa shape index (κ1) is 15.4. The smallest absolute Gasteiger partial charge is 0.416 e. The third-order valence-electron chi connectivity index (χ3n) is 2.51. The van der Waals surface area contributed by atoms with Crippen LogP contribution in [-0.4, -0.2) is 31.6 Å². The molecule has 1 aromatic heterocycles. The third kappa shape index (κ3) is 4.22. The normalized spacial score (nSPS) is 11.6. The minimum atomic E-state index is -4.40. The van der Waals surface area contributed by atoms with Crippen LogP contribution in [0.3, 0.4) is 0 Å². The molecule has 5 nitrogen and oxygen atoms in total. The zero-order chi connectivity index (χ0) is 15.5. The third-order valence-corrected chi connectivity index (χ3v) is 3.48. The molecule has 0 spiro atoms. The summed E-state index contributed by atoms with van der Waals surface area (Å²) < 4.78 is 39.4. The second kappa shape index (κ2) is 6.17. The summed E-state index contributed by atoms with van der Waals surface area (Å²) in [6, 6.07) is 4.93. The number of benzene rings is 1. The van der Waals surface area contributed by atoms with E-state index in [2.05, 4.69) is 10.2 Å². The molecular formula is C12H10F3N3O2S. The van der Waals surface area contributed by atoms with Crippen LogP contribution in [0, 0.1) is 0 Å². The molecule has 0 saturated heterocycles. The Morgan fingerprint density at radius 1 is 1.38 bits per heavy atom. The number of carboxylic acid groups (broad SMARTS) is 1. The summed E-state index contributed by atoms with van der Waals surface area (Å²) in [6.07, 6.45) is -3.05. The Kier molecular flexibility index (Phi) is 4.51. The van der Waals surface area contributed by atoms with Gasteiger partial charge in [-0.3, -0.25) is 4.79 Å². The highest BCUT2D eigenvalue weighted by Crippen LogP contribution is 2.29. The lowest BCUT2D eigenvalue weighted by molar-refractivity contribution is -0.137. The number of carbonyl (C=O) groups is 1. The molecule has 0 aliphatic heterocycles. The summed E-state index contributed by atoms with van der Waals surface area (Å²) in [7, 11) is 0. The van der Waals surface area contributed by atoms with Crippen molar-refractivity contribution in [2.45, 2.75) is 17.9 Å². The number of nitrogens with zero attached hydrogens (tertiary/aromatic N) is 3. The van der Waals surface area contributed by atoms with Crippen molar-refractivity contribution in [1.82, 2.24) is 14.8 Å². The topological polar surface area (TPSA) is 68.0 Å². The maximum absolute atomic E-state index is 12.6. The van der Waals surface area contributed by atoms with Gasteiger partial charge in [-0.25, -0.2) is 0 Å². The van der Waals surface area contributed by atoms with Gasteiger partial charge in [-0.1, -0.05) is 23.9 Å². The van der Waals surface area contributed by atoms with Crippen LogP contribution in [-0.2, 0) is 17.5 Å². The summed E-state index contributed by atoms with van der Waals surface area (Å²) >= 11 is 0.958. The van der Waals surface area contributed by atoms with Gasteiger partial charge in [0.15, 0.2) is 5.16 Å². The SMILES string of the molecule is O=C(O)CSc1nncn1Cc1cccc(C(F)(F)F)c1. The molecule has 0 radical (unpaired) electrons. The number of alkyl halides is 3. The molecule has 1 heterocycles. The molecule has 0 bridgehead atoms. The van der Waals surface area contributed by atoms with Crippen LogP contribution < -0.4 is 0 Å². The molecule has 9 heteroatoms. The predicted molar refractivity (Wildman–Crippen MR) is 68.9 cm³/mol. The van der Waals surface area contributed by atoms with Crippen LogP contribution in [0.5, 0.6) is 0 Å². The van der Waals surface area contributed by atoms with Crippen molar-refractivity contribution < 1.29 is 23.1 Å². The van der Waals surface area contributed by atoms with Gasteiger partial charge in [0.1, 0.15) is 6.33 Å². The van der Waals surface area contributed by atoms with E-state index in [1.165, 1.54) is 17.0 Å². The van der Waals surface area contributed by atoms with Crippen molar-refractivity contribution in [2.75, 3.05) is 5.75 Å². The summed E-state index contributed by atoms with van der Waals surface area (Å²) in [5.74, 6) is -1.20. The van der Waals surface area contributed by atoms with Crippen molar-refractivity contribution >= 4 is 17.7 Å². The van der Waals surface area contributed by atoms with E-state index < -0.39 is 17.7 Å². The van der Waals surface area contributed by atoms with Crippen LogP contribution in [0.2, 0.25) is 0 Å². The number of aliphatic carboxylic acids is 1. The number of hydrogen-bond acceptors (Lipinski definition) is 4. The minimum absolute atomic E-state index is 0.138. The second-order valence-corrected chi connectivity index (χ2v) is 5.06. The first-order chi connectivity index (χ1) is 9.86. The van der Waals surface area contributed by atoms with Crippen molar-refractivity contribution in [3.8, 4) is 0 Å². The molecule has 0 fully saturated rings. The number of aromatic nitrogens is 3. The number of hydrogen-bond donors (Lipinski definition) is 1. The van der Waals surface area contributed by atoms with Gasteiger partial charge >= 0.3 is 12.1 Å². The van der Waals surface area contributed by atoms with Crippen LogP contribution in [0.25, 0.3) is 0 Å². The van der Waals surface area contributed by atoms with E-state index in [1.54, 1.807) is 6.07 Å². The molecule has 1 N–H and O–H groups in total. The lowest BCUT2D eigenvalue weighted by Gasteiger charge is -2.10. The molecular weight excluding hydrogens is 307 g/mol. The molecule has 0 saturated carbocycles. The van der Waals surface area contributed by atoms with E-state index >= 15 is 0 Å². The van der Waals surface area contributed by atoms with Crippen LogP contribution >= 0.6 is 11.8 Å². The van der Waals surface area contributed by atoms with Crippen molar-refractivity contribution in [2.24, 2.45) is 0 Å². The van der Waals surface area contributed by atoms with Gasteiger partial charge in [0.25, 0.3) is 0 Å². The zero-order valence-corrected chi connectivity index (χ0v) is 11.4. The standard InChI is InChI=1S/C12H10F3N3O2S/c13-12(14,15)9-3-1-2-8(4-9)5-18-7-16-17-11(18)21-6-10(19)20/h1-4,7H,5-6H2,(H,19,20). The highest BCUT2D eigenvalue weighted by Gasteiger charge is 2.30. The lowest BCUT2D eigenvalue weighted by atomic mass is 10.1. The minimum Gasteiger partial charge on any atom is -0.481 e. The fourth-order valence-electron chi connectivity index (χ4n) is 1.63. The fraction of sp³-hybridized carbons (Fsp3) is 0.250. The van der Waals surface area contributed by atoms with Gasteiger partial charge in [0, 0.05) is 0 Å². The van der Waals surface area contributed by atoms with E-state index in [9.17, 15) is 18.0 Å². The van der Waals surface area contributed by atoms with Gasteiger partial charge in [-0.05, 0) is 17.7 Å². The molecule has 0 aliphatic rings. The molecule has 1 aromatic carbocycles. The van der Waals surface area contributed by atoms with Gasteiger partial charge in [-0.15, -0.1) is 10.2 Å². The Hall–Kier alpha value is -2.03. The molecule has 2 rings (SSSR count). The van der Waals surface area contributed by atoms with Crippen LogP contribution in [0.1, 0.15) is 11.1 Å². The lowest BCUT2D eigenvalue weighted by Crippen LogP contribution is -2.07. The second-order valence-electron chi connectivity index (χ2n) is 4.12. The van der Waals surface area contributed by atoms with Crippen molar-refractivity contribution in [1.29, 1.82) is 0 Å². The largest absolute Gasteiger partial charge is 0.481 e. The van der Waals surface area contributed by atoms with E-state index in [0.29, 0.717) is 10.7 Å². The van der Waals surface area contributed by atoms with Gasteiger partial charge < -0.3 is 9.67 Å². The van der Waals surface area contributed by atoms with E-state index in [4.69, 9.17) is 5.11 Å². The Balaban J connectivity index is 2.15. The predicted octanol–water partition coefficient (Wildman–Crippen LogP) is 2.52. The van der Waals surface area contributed by atoms with Gasteiger partial charge in [0.05, 0.1) is 17.9 Å². The zero-order valence-electron chi connectivity index (χ0n) is 10.5. The fourth-order valence-corrected chi connectivity index (χ4v) is 2.27. The van der Waals surface area contributed by atoms with E-state index in [-0.39, 0.29) is 12.3 Å². The van der Waals surface area contributed by atoms with E-state index in [0.717, 1.165) is 23.9 Å². The van der Waals surface area contributed by atoms with Crippen molar-refractivity contribution in [3.05, 3.63) is 41.7 Å². The average Bonchev–Trinajstić information content (AvgIpc) is 2.83. The van der Waals surface area contributed by atoms with Crippen LogP contribution in [0.15, 0.2) is 35.7 Å². The first-order valence-electron chi connectivity index (χ1n) is 5.75. The highest BCUT2D eigenvalue weighted by atomic mass is 32.2. The molecule has 0 atom stereocenters. The summed E-state index contributed by atoms with van der Waals surface area (Å²) in [5.41, 5.74) is -0.297. The highest BCUT2D eigenvalue weighted by molar-refractivity contribution is 7.99. The molecule has 0 aliphatic carbocycles. The van der Waals surface area contributed by atoms with Gasteiger partial charge in [-0.2, -0.15) is 13.2 Å². The monoisotopic (exact) mass is 317 g/mol. The number of carboxylic acids is 1. The molecule has 2 aromatic rings. The van der Waals surface area contributed by atoms with Crippen molar-refractivity contribution in [3.63, 3.8) is 0 Å². The maximum atomic E-state index is 12.6. The Morgan fingerprint density at radius 2 is 2.14 bits per heavy atom. The Morgan fingerprint density at radius 3 is 2.81 bits per heavy atom. The Labute approximate surface area is 121 Å². The van der Waals surface area contributed by atoms with E-state index in [1.807, 2.05) is 0 Å². The molecule has 112 valence electrons. The number of rotatable bonds is 5.